The molecule has 3 N–H and O–H groups in total. The van der Waals surface area contributed by atoms with Crippen molar-refractivity contribution in [1.82, 2.24) is 0 Å². The van der Waals surface area contributed by atoms with Crippen molar-refractivity contribution in [3.8, 4) is 10.4 Å². The molecule has 3 nitrogen and oxygen atoms in total. The summed E-state index contributed by atoms with van der Waals surface area (Å²) in [6, 6.07) is 5.53. The van der Waals surface area contributed by atoms with Gasteiger partial charge in [0.2, 0.25) is 0 Å². The van der Waals surface area contributed by atoms with Gasteiger partial charge in [-0.25, -0.2) is 4.79 Å². The van der Waals surface area contributed by atoms with Crippen molar-refractivity contribution in [3.63, 3.8) is 0 Å². The van der Waals surface area contributed by atoms with E-state index in [4.69, 9.17) is 17.3 Å². The first kappa shape index (κ1) is 15.4. The molecule has 6 heteroatoms. The number of carbonyl (C=O) groups is 1. The van der Waals surface area contributed by atoms with E-state index < -0.39 is 5.97 Å². The van der Waals surface area contributed by atoms with Gasteiger partial charge in [-0.05, 0) is 45.1 Å². The van der Waals surface area contributed by atoms with Crippen molar-refractivity contribution >= 4 is 50.5 Å². The lowest BCUT2D eigenvalue weighted by Crippen LogP contribution is -2.00. The van der Waals surface area contributed by atoms with Crippen molar-refractivity contribution in [2.75, 3.05) is 5.73 Å². The molecule has 0 saturated carbocycles. The third-order valence-electron chi connectivity index (χ3n) is 2.94. The van der Waals surface area contributed by atoms with Gasteiger partial charge >= 0.3 is 5.97 Å². The van der Waals surface area contributed by atoms with E-state index in [0.717, 1.165) is 20.5 Å². The van der Waals surface area contributed by atoms with Crippen molar-refractivity contribution in [2.45, 2.75) is 19.8 Å². The monoisotopic (exact) mass is 373 g/mol. The van der Waals surface area contributed by atoms with Crippen LogP contribution in [0.3, 0.4) is 0 Å². The molecule has 0 unspecified atom stereocenters. The van der Waals surface area contributed by atoms with Crippen molar-refractivity contribution in [2.24, 2.45) is 0 Å². The maximum absolute atomic E-state index is 11.3. The van der Waals surface area contributed by atoms with Crippen molar-refractivity contribution in [3.05, 3.63) is 38.1 Å². The second-order valence-corrected chi connectivity index (χ2v) is 6.96. The number of rotatable bonds is 3. The highest BCUT2D eigenvalue weighted by molar-refractivity contribution is 9.10. The third kappa shape index (κ3) is 2.71. The summed E-state index contributed by atoms with van der Waals surface area (Å²) in [5.74, 6) is -0.850. The van der Waals surface area contributed by atoms with Crippen LogP contribution in [0, 0.1) is 0 Å². The van der Waals surface area contributed by atoms with Crippen LogP contribution in [0.5, 0.6) is 0 Å². The molecule has 0 atom stereocenters. The van der Waals surface area contributed by atoms with E-state index in [1.165, 1.54) is 11.3 Å². The Labute approximate surface area is 134 Å². The lowest BCUT2D eigenvalue weighted by molar-refractivity contribution is 0.0703. The van der Waals surface area contributed by atoms with Crippen LogP contribution >= 0.6 is 38.9 Å². The smallest absolute Gasteiger partial charge is 0.348 e. The van der Waals surface area contributed by atoms with E-state index in [0.29, 0.717) is 10.7 Å². The van der Waals surface area contributed by atoms with Gasteiger partial charge in [-0.2, -0.15) is 0 Å². The second kappa shape index (κ2) is 5.76. The first-order valence-electron chi connectivity index (χ1n) is 5.93. The van der Waals surface area contributed by atoms with E-state index in [9.17, 15) is 9.90 Å². The van der Waals surface area contributed by atoms with Gasteiger partial charge in [0.15, 0.2) is 0 Å². The van der Waals surface area contributed by atoms with Crippen LogP contribution in [0.4, 0.5) is 5.69 Å². The zero-order valence-electron chi connectivity index (χ0n) is 10.9. The fourth-order valence-electron chi connectivity index (χ4n) is 2.04. The van der Waals surface area contributed by atoms with Crippen LogP contribution in [0.1, 0.15) is 35.0 Å². The molecule has 0 aliphatic carbocycles. The van der Waals surface area contributed by atoms with Gasteiger partial charge in [-0.3, -0.25) is 0 Å². The maximum atomic E-state index is 11.3. The van der Waals surface area contributed by atoms with Crippen molar-refractivity contribution in [1.29, 1.82) is 0 Å². The fraction of sp³-hybridized carbons (Fsp3) is 0.214. The molecule has 1 heterocycles. The quantitative estimate of drug-likeness (QED) is 0.772. The van der Waals surface area contributed by atoms with Gasteiger partial charge in [-0.15, -0.1) is 11.3 Å². The number of hydrogen-bond donors (Lipinski definition) is 2. The normalized spacial score (nSPS) is 11.1. The summed E-state index contributed by atoms with van der Waals surface area (Å²) in [7, 11) is 0. The molecule has 0 aliphatic rings. The average Bonchev–Trinajstić information content (AvgIpc) is 2.70. The third-order valence-corrected chi connectivity index (χ3v) is 5.41. The minimum atomic E-state index is -0.992. The minimum Gasteiger partial charge on any atom is -0.477 e. The van der Waals surface area contributed by atoms with Crippen LogP contribution in [0.25, 0.3) is 10.4 Å². The highest BCUT2D eigenvalue weighted by Gasteiger charge is 2.23. The Kier molecular flexibility index (Phi) is 4.42. The second-order valence-electron chi connectivity index (χ2n) is 4.68. The number of anilines is 1. The minimum absolute atomic E-state index is 0.142. The maximum Gasteiger partial charge on any atom is 0.348 e. The number of halogens is 2. The van der Waals surface area contributed by atoms with Gasteiger partial charge in [-0.1, -0.05) is 31.5 Å². The van der Waals surface area contributed by atoms with Gasteiger partial charge in [0.1, 0.15) is 4.88 Å². The Hall–Kier alpha value is -1.04. The standard InChI is InChI=1S/C14H13BrClNO2S/c1-6(2)10-11(17)13(14(18)19)20-12(10)7-3-4-9(16)8(15)5-7/h3-6H,17H2,1-2H3,(H,18,19). The van der Waals surface area contributed by atoms with Crippen LogP contribution in [-0.4, -0.2) is 11.1 Å². The highest BCUT2D eigenvalue weighted by atomic mass is 79.9. The fourth-order valence-corrected chi connectivity index (χ4v) is 3.75. The number of aromatic carboxylic acids is 1. The summed E-state index contributed by atoms with van der Waals surface area (Å²) in [5, 5.41) is 9.84. The molecule has 0 fully saturated rings. The largest absolute Gasteiger partial charge is 0.477 e. The Morgan fingerprint density at radius 3 is 2.60 bits per heavy atom. The molecule has 0 bridgehead atoms. The summed E-state index contributed by atoms with van der Waals surface area (Å²) in [6.45, 7) is 4.00. The number of carboxylic acids is 1. The zero-order valence-corrected chi connectivity index (χ0v) is 14.1. The molecule has 1 aromatic carbocycles. The first-order valence-corrected chi connectivity index (χ1v) is 7.92. The van der Waals surface area contributed by atoms with Gasteiger partial charge < -0.3 is 10.8 Å². The Balaban J connectivity index is 2.69. The molecule has 0 amide bonds. The molecule has 0 spiro atoms. The molecule has 2 aromatic rings. The predicted molar refractivity (Wildman–Crippen MR) is 87.9 cm³/mol. The summed E-state index contributed by atoms with van der Waals surface area (Å²) >= 11 is 10.6. The van der Waals surface area contributed by atoms with E-state index in [1.807, 2.05) is 26.0 Å². The number of carboxylic acid groups (broad SMARTS) is 1. The number of nitrogen functional groups attached to an aromatic ring is 1. The van der Waals surface area contributed by atoms with E-state index >= 15 is 0 Å². The van der Waals surface area contributed by atoms with Crippen molar-refractivity contribution < 1.29 is 9.90 Å². The predicted octanol–water partition coefficient (Wildman–Crippen LogP) is 5.23. The molecule has 0 radical (unpaired) electrons. The van der Waals surface area contributed by atoms with E-state index in [1.54, 1.807) is 6.07 Å². The zero-order chi connectivity index (χ0) is 15.0. The van der Waals surface area contributed by atoms with E-state index in [-0.39, 0.29) is 10.8 Å². The molecule has 0 aliphatic heterocycles. The number of hydrogen-bond acceptors (Lipinski definition) is 3. The van der Waals surface area contributed by atoms with Gasteiger partial charge in [0, 0.05) is 9.35 Å². The average molecular weight is 375 g/mol. The lowest BCUT2D eigenvalue weighted by atomic mass is 9.98. The number of nitrogens with two attached hydrogens (primary N) is 1. The summed E-state index contributed by atoms with van der Waals surface area (Å²) in [4.78, 5) is 12.3. The SMILES string of the molecule is CC(C)c1c(-c2ccc(Cl)c(Br)c2)sc(C(=O)O)c1N. The van der Waals surface area contributed by atoms with Gasteiger partial charge in [0.05, 0.1) is 10.7 Å². The highest BCUT2D eigenvalue weighted by Crippen LogP contribution is 2.43. The number of thiophene rings is 1. The molecule has 106 valence electrons. The molecule has 2 rings (SSSR count). The summed E-state index contributed by atoms with van der Waals surface area (Å²) in [5.41, 5.74) is 8.15. The van der Waals surface area contributed by atoms with Gasteiger partial charge in [0.25, 0.3) is 0 Å². The first-order chi connectivity index (χ1) is 9.32. The molecule has 0 saturated heterocycles. The molecule has 20 heavy (non-hydrogen) atoms. The Bertz CT molecular complexity index is 682. The molecule has 1 aromatic heterocycles. The molecular formula is C14H13BrClNO2S. The van der Waals surface area contributed by atoms with E-state index in [2.05, 4.69) is 15.9 Å². The summed E-state index contributed by atoms with van der Waals surface area (Å²) < 4.78 is 0.773. The van der Waals surface area contributed by atoms with Crippen LogP contribution in [0.15, 0.2) is 22.7 Å². The van der Waals surface area contributed by atoms with Crippen LogP contribution in [-0.2, 0) is 0 Å². The summed E-state index contributed by atoms with van der Waals surface area (Å²) in [6.07, 6.45) is 0. The van der Waals surface area contributed by atoms with Crippen LogP contribution in [0.2, 0.25) is 5.02 Å². The topological polar surface area (TPSA) is 63.3 Å². The Morgan fingerprint density at radius 1 is 1.45 bits per heavy atom. The molecular weight excluding hydrogens is 362 g/mol. The van der Waals surface area contributed by atoms with Crippen LogP contribution < -0.4 is 5.73 Å². The Morgan fingerprint density at radius 2 is 2.10 bits per heavy atom. The lowest BCUT2D eigenvalue weighted by Gasteiger charge is -2.09. The number of benzene rings is 1.